The maximum atomic E-state index is 12.3. The molecule has 26 heavy (non-hydrogen) atoms. The van der Waals surface area contributed by atoms with Crippen molar-refractivity contribution in [2.24, 2.45) is 4.40 Å². The lowest BCUT2D eigenvalue weighted by atomic mass is 10.1. The second-order valence-electron chi connectivity index (χ2n) is 6.34. The third-order valence-corrected chi connectivity index (χ3v) is 5.22. The van der Waals surface area contributed by atoms with Crippen LogP contribution in [-0.2, 0) is 10.0 Å². The summed E-state index contributed by atoms with van der Waals surface area (Å²) in [5.74, 6) is 0. The first-order valence-electron chi connectivity index (χ1n) is 8.44. The number of nitro groups is 1. The summed E-state index contributed by atoms with van der Waals surface area (Å²) in [6.07, 6.45) is 8.43. The SMILES string of the molecule is CC(C)=C/C(=C\C=NS(=O)(=O)c1ccc([N+](=O)[O-])cc1)N1CCCCC1. The third-order valence-electron chi connectivity index (χ3n) is 3.95. The molecule has 1 aromatic rings. The average Bonchev–Trinajstić information content (AvgIpc) is 2.61. The molecule has 1 aliphatic heterocycles. The Morgan fingerprint density at radius 3 is 2.31 bits per heavy atom. The van der Waals surface area contributed by atoms with Gasteiger partial charge in [0.2, 0.25) is 0 Å². The summed E-state index contributed by atoms with van der Waals surface area (Å²) in [5.41, 5.74) is 1.89. The first kappa shape index (κ1) is 19.8. The highest BCUT2D eigenvalue weighted by Crippen LogP contribution is 2.19. The minimum absolute atomic E-state index is 0.0745. The Balaban J connectivity index is 2.22. The summed E-state index contributed by atoms with van der Waals surface area (Å²) in [5, 5.41) is 10.7. The predicted molar refractivity (Wildman–Crippen MR) is 102 cm³/mol. The summed E-state index contributed by atoms with van der Waals surface area (Å²) < 4.78 is 28.2. The topological polar surface area (TPSA) is 92.9 Å². The molecule has 2 rings (SSSR count). The molecule has 0 saturated carbocycles. The van der Waals surface area contributed by atoms with E-state index in [-0.39, 0.29) is 10.6 Å². The number of rotatable bonds is 6. The van der Waals surface area contributed by atoms with Crippen LogP contribution in [0.4, 0.5) is 5.69 Å². The lowest BCUT2D eigenvalue weighted by Crippen LogP contribution is -2.28. The largest absolute Gasteiger partial charge is 0.371 e. The van der Waals surface area contributed by atoms with Gasteiger partial charge in [-0.2, -0.15) is 12.8 Å². The molecule has 140 valence electrons. The highest BCUT2D eigenvalue weighted by atomic mass is 32.2. The van der Waals surface area contributed by atoms with Crippen LogP contribution in [0.5, 0.6) is 0 Å². The molecule has 1 aromatic carbocycles. The first-order chi connectivity index (χ1) is 12.3. The zero-order valence-electron chi connectivity index (χ0n) is 15.0. The Morgan fingerprint density at radius 2 is 1.77 bits per heavy atom. The Bertz CT molecular complexity index is 830. The molecule has 1 aliphatic rings. The van der Waals surface area contributed by atoms with Crippen LogP contribution in [-0.4, -0.2) is 37.5 Å². The van der Waals surface area contributed by atoms with E-state index in [0.717, 1.165) is 49.3 Å². The van der Waals surface area contributed by atoms with Crippen LogP contribution in [0.15, 0.2) is 57.0 Å². The van der Waals surface area contributed by atoms with E-state index in [4.69, 9.17) is 0 Å². The third kappa shape index (κ3) is 5.52. The van der Waals surface area contributed by atoms with E-state index in [0.29, 0.717) is 0 Å². The van der Waals surface area contributed by atoms with E-state index in [1.165, 1.54) is 24.8 Å². The predicted octanol–water partition coefficient (Wildman–Crippen LogP) is 3.69. The zero-order valence-corrected chi connectivity index (χ0v) is 15.8. The van der Waals surface area contributed by atoms with Crippen molar-refractivity contribution in [2.75, 3.05) is 13.1 Å². The normalized spacial score (nSPS) is 15.9. The molecule has 1 heterocycles. The monoisotopic (exact) mass is 377 g/mol. The number of likely N-dealkylation sites (tertiary alicyclic amines) is 1. The van der Waals surface area contributed by atoms with Gasteiger partial charge >= 0.3 is 0 Å². The standard InChI is InChI=1S/C18H23N3O4S/c1-15(2)14-17(20-12-4-3-5-13-20)10-11-19-26(24,25)18-8-6-16(7-9-18)21(22)23/h6-11,14H,3-5,12-13H2,1-2H3/b17-10+,19-11?. The van der Waals surface area contributed by atoms with E-state index in [1.54, 1.807) is 6.08 Å². The molecule has 0 spiro atoms. The number of benzene rings is 1. The van der Waals surface area contributed by atoms with Crippen molar-refractivity contribution < 1.29 is 13.3 Å². The van der Waals surface area contributed by atoms with Crippen LogP contribution < -0.4 is 0 Å². The molecular formula is C18H23N3O4S. The first-order valence-corrected chi connectivity index (χ1v) is 9.88. The number of piperidine rings is 1. The second kappa shape index (κ2) is 8.75. The smallest absolute Gasteiger partial charge is 0.282 e. The maximum Gasteiger partial charge on any atom is 0.282 e. The fourth-order valence-electron chi connectivity index (χ4n) is 2.68. The van der Waals surface area contributed by atoms with Gasteiger partial charge in [-0.25, -0.2) is 0 Å². The van der Waals surface area contributed by atoms with E-state index in [2.05, 4.69) is 9.30 Å². The Morgan fingerprint density at radius 1 is 1.15 bits per heavy atom. The summed E-state index contributed by atoms with van der Waals surface area (Å²) in [6, 6.07) is 4.69. The Labute approximate surface area is 153 Å². The van der Waals surface area contributed by atoms with Crippen molar-refractivity contribution in [1.29, 1.82) is 0 Å². The van der Waals surface area contributed by atoms with Crippen LogP contribution >= 0.6 is 0 Å². The molecule has 0 amide bonds. The molecule has 1 fully saturated rings. The minimum Gasteiger partial charge on any atom is -0.371 e. The molecule has 0 unspecified atom stereocenters. The van der Waals surface area contributed by atoms with Crippen molar-refractivity contribution in [1.82, 2.24) is 4.90 Å². The van der Waals surface area contributed by atoms with Gasteiger partial charge in [-0.15, -0.1) is 0 Å². The molecule has 7 nitrogen and oxygen atoms in total. The van der Waals surface area contributed by atoms with Gasteiger partial charge in [0.05, 0.1) is 9.82 Å². The number of sulfonamides is 1. The van der Waals surface area contributed by atoms with Gasteiger partial charge in [0.1, 0.15) is 0 Å². The van der Waals surface area contributed by atoms with Gasteiger partial charge in [0.25, 0.3) is 15.7 Å². The fraction of sp³-hybridized carbons (Fsp3) is 0.389. The van der Waals surface area contributed by atoms with Crippen LogP contribution in [0.25, 0.3) is 0 Å². The van der Waals surface area contributed by atoms with E-state index < -0.39 is 14.9 Å². The number of non-ortho nitro benzene ring substituents is 1. The van der Waals surface area contributed by atoms with Gasteiger partial charge in [0.15, 0.2) is 0 Å². The van der Waals surface area contributed by atoms with Crippen LogP contribution in [0.2, 0.25) is 0 Å². The summed E-state index contributed by atoms with van der Waals surface area (Å²) in [6.45, 7) is 5.86. The van der Waals surface area contributed by atoms with Crippen molar-refractivity contribution in [2.45, 2.75) is 38.0 Å². The van der Waals surface area contributed by atoms with Crippen LogP contribution in [0, 0.1) is 10.1 Å². The van der Waals surface area contributed by atoms with E-state index in [1.807, 2.05) is 19.9 Å². The number of allylic oxidation sites excluding steroid dienone is 3. The number of nitrogens with zero attached hydrogens (tertiary/aromatic N) is 3. The van der Waals surface area contributed by atoms with Crippen LogP contribution in [0.1, 0.15) is 33.1 Å². The number of nitro benzene ring substituents is 1. The lowest BCUT2D eigenvalue weighted by Gasteiger charge is -2.29. The van der Waals surface area contributed by atoms with Gasteiger partial charge in [-0.05, 0) is 57.4 Å². The lowest BCUT2D eigenvalue weighted by molar-refractivity contribution is -0.384. The van der Waals surface area contributed by atoms with Crippen molar-refractivity contribution in [3.63, 3.8) is 0 Å². The summed E-state index contributed by atoms with van der Waals surface area (Å²) in [7, 11) is -3.89. The molecular weight excluding hydrogens is 354 g/mol. The van der Waals surface area contributed by atoms with E-state index in [9.17, 15) is 18.5 Å². The maximum absolute atomic E-state index is 12.3. The molecule has 8 heteroatoms. The zero-order chi connectivity index (χ0) is 19.2. The summed E-state index contributed by atoms with van der Waals surface area (Å²) >= 11 is 0. The Hall–Kier alpha value is -2.48. The quantitative estimate of drug-likeness (QED) is 0.326. The van der Waals surface area contributed by atoms with Crippen molar-refractivity contribution in [3.8, 4) is 0 Å². The van der Waals surface area contributed by atoms with Gasteiger partial charge in [-0.1, -0.05) is 5.57 Å². The highest BCUT2D eigenvalue weighted by molar-refractivity contribution is 7.90. The number of hydrogen-bond donors (Lipinski definition) is 0. The summed E-state index contributed by atoms with van der Waals surface area (Å²) in [4.78, 5) is 12.2. The molecule has 1 saturated heterocycles. The second-order valence-corrected chi connectivity index (χ2v) is 7.97. The molecule has 0 aromatic heterocycles. The van der Waals surface area contributed by atoms with Gasteiger partial charge < -0.3 is 4.90 Å². The molecule has 0 N–H and O–H groups in total. The van der Waals surface area contributed by atoms with Crippen LogP contribution in [0.3, 0.4) is 0 Å². The van der Waals surface area contributed by atoms with Gasteiger partial charge in [-0.3, -0.25) is 10.1 Å². The van der Waals surface area contributed by atoms with Crippen molar-refractivity contribution in [3.05, 3.63) is 57.8 Å². The average molecular weight is 377 g/mol. The molecule has 0 aliphatic carbocycles. The molecule has 0 bridgehead atoms. The van der Waals surface area contributed by atoms with Gasteiger partial charge in [0, 0.05) is 37.1 Å². The Kier molecular flexibility index (Phi) is 6.68. The molecule has 0 atom stereocenters. The van der Waals surface area contributed by atoms with E-state index >= 15 is 0 Å². The highest BCUT2D eigenvalue weighted by Gasteiger charge is 2.14. The molecule has 0 radical (unpaired) electrons. The fourth-order valence-corrected chi connectivity index (χ4v) is 3.50. The minimum atomic E-state index is -3.89. The van der Waals surface area contributed by atoms with Crippen molar-refractivity contribution >= 4 is 21.9 Å². The number of hydrogen-bond acceptors (Lipinski definition) is 5.